The predicted molar refractivity (Wildman–Crippen MR) is 52.2 cm³/mol. The smallest absolute Gasteiger partial charge is 0.133 e. The zero-order chi connectivity index (χ0) is 8.55. The minimum Gasteiger partial charge on any atom is -0.492 e. The van der Waals surface area contributed by atoms with E-state index in [2.05, 4.69) is 19.9 Å². The molecule has 0 saturated heterocycles. The Balaban J connectivity index is 2.32. The first-order valence-electron chi connectivity index (χ1n) is 4.53. The Kier molecular flexibility index (Phi) is 2.09. The van der Waals surface area contributed by atoms with Crippen molar-refractivity contribution in [2.75, 3.05) is 6.61 Å². The van der Waals surface area contributed by atoms with E-state index in [0.29, 0.717) is 5.92 Å². The largest absolute Gasteiger partial charge is 0.492 e. The fourth-order valence-corrected chi connectivity index (χ4v) is 2.58. The van der Waals surface area contributed by atoms with Crippen LogP contribution >= 0.6 is 11.3 Å². The SMILES string of the molecule is CC(C)c1cc2c(s1)CCCO2. The maximum Gasteiger partial charge on any atom is 0.133 e. The third-order valence-corrected chi connectivity index (χ3v) is 3.64. The van der Waals surface area contributed by atoms with E-state index < -0.39 is 0 Å². The van der Waals surface area contributed by atoms with Crippen molar-refractivity contribution >= 4 is 11.3 Å². The number of fused-ring (bicyclic) bond motifs is 1. The highest BCUT2D eigenvalue weighted by molar-refractivity contribution is 7.12. The molecule has 0 atom stereocenters. The third kappa shape index (κ3) is 1.36. The quantitative estimate of drug-likeness (QED) is 0.648. The first-order valence-corrected chi connectivity index (χ1v) is 5.34. The topological polar surface area (TPSA) is 9.23 Å². The van der Waals surface area contributed by atoms with Crippen molar-refractivity contribution in [1.82, 2.24) is 0 Å². The van der Waals surface area contributed by atoms with Gasteiger partial charge in [-0.25, -0.2) is 0 Å². The zero-order valence-electron chi connectivity index (χ0n) is 7.59. The summed E-state index contributed by atoms with van der Waals surface area (Å²) in [5, 5.41) is 0. The van der Waals surface area contributed by atoms with Gasteiger partial charge in [-0.15, -0.1) is 11.3 Å². The molecule has 2 heteroatoms. The minimum atomic E-state index is 0.643. The van der Waals surface area contributed by atoms with Gasteiger partial charge in [0.25, 0.3) is 0 Å². The van der Waals surface area contributed by atoms with Crippen LogP contribution in [0.3, 0.4) is 0 Å². The van der Waals surface area contributed by atoms with Crippen LogP contribution in [-0.2, 0) is 6.42 Å². The molecular weight excluding hydrogens is 168 g/mol. The van der Waals surface area contributed by atoms with E-state index in [1.165, 1.54) is 22.6 Å². The normalized spacial score (nSPS) is 15.9. The summed E-state index contributed by atoms with van der Waals surface area (Å²) in [6.07, 6.45) is 2.40. The van der Waals surface area contributed by atoms with Gasteiger partial charge in [-0.05, 0) is 24.8 Å². The van der Waals surface area contributed by atoms with Gasteiger partial charge in [0.1, 0.15) is 5.75 Å². The predicted octanol–water partition coefficient (Wildman–Crippen LogP) is 3.20. The molecule has 0 aromatic carbocycles. The molecule has 12 heavy (non-hydrogen) atoms. The first kappa shape index (κ1) is 8.11. The molecule has 0 radical (unpaired) electrons. The lowest BCUT2D eigenvalue weighted by atomic mass is 10.1. The van der Waals surface area contributed by atoms with Crippen LogP contribution in [0.2, 0.25) is 0 Å². The fraction of sp³-hybridized carbons (Fsp3) is 0.600. The van der Waals surface area contributed by atoms with Crippen LogP contribution in [0.4, 0.5) is 0 Å². The summed E-state index contributed by atoms with van der Waals surface area (Å²) in [5.41, 5.74) is 0. The van der Waals surface area contributed by atoms with Crippen molar-refractivity contribution in [3.05, 3.63) is 15.8 Å². The summed E-state index contributed by atoms with van der Waals surface area (Å²) in [6.45, 7) is 5.37. The summed E-state index contributed by atoms with van der Waals surface area (Å²) in [7, 11) is 0. The molecule has 2 heterocycles. The van der Waals surface area contributed by atoms with Crippen LogP contribution in [0, 0.1) is 0 Å². The number of thiophene rings is 1. The van der Waals surface area contributed by atoms with Crippen molar-refractivity contribution < 1.29 is 4.74 Å². The van der Waals surface area contributed by atoms with Gasteiger partial charge < -0.3 is 4.74 Å². The van der Waals surface area contributed by atoms with Crippen LogP contribution < -0.4 is 4.74 Å². The van der Waals surface area contributed by atoms with Crippen LogP contribution in [0.25, 0.3) is 0 Å². The summed E-state index contributed by atoms with van der Waals surface area (Å²) < 4.78 is 5.56. The molecule has 0 spiro atoms. The molecule has 1 aliphatic heterocycles. The maximum atomic E-state index is 5.56. The van der Waals surface area contributed by atoms with Crippen molar-refractivity contribution in [1.29, 1.82) is 0 Å². The van der Waals surface area contributed by atoms with Gasteiger partial charge >= 0.3 is 0 Å². The number of hydrogen-bond donors (Lipinski definition) is 0. The molecule has 0 amide bonds. The molecule has 1 aliphatic rings. The Morgan fingerprint density at radius 3 is 3.00 bits per heavy atom. The number of ether oxygens (including phenoxy) is 1. The van der Waals surface area contributed by atoms with E-state index >= 15 is 0 Å². The highest BCUT2D eigenvalue weighted by Gasteiger charge is 2.15. The molecule has 0 bridgehead atoms. The van der Waals surface area contributed by atoms with E-state index in [0.717, 1.165) is 12.4 Å². The highest BCUT2D eigenvalue weighted by atomic mass is 32.1. The van der Waals surface area contributed by atoms with E-state index in [-0.39, 0.29) is 0 Å². The van der Waals surface area contributed by atoms with Crippen molar-refractivity contribution in [3.63, 3.8) is 0 Å². The Morgan fingerprint density at radius 2 is 2.33 bits per heavy atom. The summed E-state index contributed by atoms with van der Waals surface area (Å²) >= 11 is 1.92. The first-order chi connectivity index (χ1) is 5.77. The molecule has 0 unspecified atom stereocenters. The number of hydrogen-bond acceptors (Lipinski definition) is 2. The van der Waals surface area contributed by atoms with Gasteiger partial charge in [-0.3, -0.25) is 0 Å². The van der Waals surface area contributed by atoms with E-state index in [4.69, 9.17) is 4.74 Å². The van der Waals surface area contributed by atoms with Crippen LogP contribution in [-0.4, -0.2) is 6.61 Å². The molecule has 0 N–H and O–H groups in total. The lowest BCUT2D eigenvalue weighted by molar-refractivity contribution is 0.291. The lowest BCUT2D eigenvalue weighted by Crippen LogP contribution is -2.04. The van der Waals surface area contributed by atoms with Crippen molar-refractivity contribution in [3.8, 4) is 5.75 Å². The fourth-order valence-electron chi connectivity index (χ4n) is 1.43. The second-order valence-electron chi connectivity index (χ2n) is 3.54. The number of aryl methyl sites for hydroxylation is 1. The van der Waals surface area contributed by atoms with Gasteiger partial charge in [0.05, 0.1) is 6.61 Å². The second-order valence-corrected chi connectivity index (χ2v) is 4.71. The van der Waals surface area contributed by atoms with Crippen LogP contribution in [0.5, 0.6) is 5.75 Å². The Bertz CT molecular complexity index is 252. The zero-order valence-corrected chi connectivity index (χ0v) is 8.41. The van der Waals surface area contributed by atoms with Gasteiger partial charge in [-0.1, -0.05) is 13.8 Å². The monoisotopic (exact) mass is 182 g/mol. The standard InChI is InChI=1S/C10H14OS/c1-7(2)10-6-8-9(12-10)4-3-5-11-8/h6-7H,3-5H2,1-2H3. The Morgan fingerprint density at radius 1 is 1.50 bits per heavy atom. The lowest BCUT2D eigenvalue weighted by Gasteiger charge is -2.11. The summed E-state index contributed by atoms with van der Waals surface area (Å²) in [6, 6.07) is 2.21. The number of rotatable bonds is 1. The average Bonchev–Trinajstić information content (AvgIpc) is 2.46. The van der Waals surface area contributed by atoms with E-state index in [9.17, 15) is 0 Å². The van der Waals surface area contributed by atoms with Crippen molar-refractivity contribution in [2.24, 2.45) is 0 Å². The molecule has 0 saturated carbocycles. The average molecular weight is 182 g/mol. The molecular formula is C10H14OS. The molecule has 1 aromatic heterocycles. The van der Waals surface area contributed by atoms with Gasteiger partial charge in [-0.2, -0.15) is 0 Å². The highest BCUT2D eigenvalue weighted by Crippen LogP contribution is 2.36. The van der Waals surface area contributed by atoms with E-state index in [1.54, 1.807) is 0 Å². The third-order valence-electron chi connectivity index (χ3n) is 2.16. The maximum absolute atomic E-state index is 5.56. The molecule has 1 aromatic rings. The molecule has 1 nitrogen and oxygen atoms in total. The summed E-state index contributed by atoms with van der Waals surface area (Å²) in [5.74, 6) is 1.79. The van der Waals surface area contributed by atoms with Gasteiger partial charge in [0, 0.05) is 9.75 Å². The summed E-state index contributed by atoms with van der Waals surface area (Å²) in [4.78, 5) is 2.91. The second kappa shape index (κ2) is 3.09. The van der Waals surface area contributed by atoms with Gasteiger partial charge in [0.2, 0.25) is 0 Å². The minimum absolute atomic E-state index is 0.643. The Labute approximate surface area is 77.4 Å². The molecule has 0 fully saturated rings. The van der Waals surface area contributed by atoms with E-state index in [1.807, 2.05) is 11.3 Å². The van der Waals surface area contributed by atoms with Crippen molar-refractivity contribution in [2.45, 2.75) is 32.6 Å². The Hall–Kier alpha value is -0.500. The molecule has 66 valence electrons. The van der Waals surface area contributed by atoms with Gasteiger partial charge in [0.15, 0.2) is 0 Å². The van der Waals surface area contributed by atoms with Crippen LogP contribution in [0.1, 0.15) is 35.9 Å². The van der Waals surface area contributed by atoms with Crippen LogP contribution in [0.15, 0.2) is 6.07 Å². The molecule has 2 rings (SSSR count). The molecule has 0 aliphatic carbocycles.